The van der Waals surface area contributed by atoms with Crippen LogP contribution in [0.1, 0.15) is 35.8 Å². The molecule has 0 spiro atoms. The van der Waals surface area contributed by atoms with Crippen LogP contribution in [-0.2, 0) is 4.74 Å². The van der Waals surface area contributed by atoms with Gasteiger partial charge in [-0.15, -0.1) is 0 Å². The summed E-state index contributed by atoms with van der Waals surface area (Å²) in [6.07, 6.45) is 3.86. The third-order valence-electron chi connectivity index (χ3n) is 5.06. The van der Waals surface area contributed by atoms with Crippen LogP contribution >= 0.6 is 11.6 Å². The number of methoxy groups -OCH3 is 1. The third kappa shape index (κ3) is 3.30. The minimum absolute atomic E-state index is 0.133. The quantitative estimate of drug-likeness (QED) is 0.587. The summed E-state index contributed by atoms with van der Waals surface area (Å²) in [6, 6.07) is 4.38. The molecule has 0 aliphatic heterocycles. The van der Waals surface area contributed by atoms with E-state index in [2.05, 4.69) is 21.7 Å². The van der Waals surface area contributed by atoms with E-state index in [-0.39, 0.29) is 11.0 Å². The van der Waals surface area contributed by atoms with E-state index in [1.807, 2.05) is 0 Å². The largest absolute Gasteiger partial charge is 0.476 e. The summed E-state index contributed by atoms with van der Waals surface area (Å²) in [5.74, 6) is -1.05. The highest BCUT2D eigenvalue weighted by Gasteiger charge is 2.38. The Bertz CT molecular complexity index is 1090. The fourth-order valence-electron chi connectivity index (χ4n) is 2.99. The van der Waals surface area contributed by atoms with E-state index >= 15 is 0 Å². The maximum Gasteiger partial charge on any atom is 0.340 e. The van der Waals surface area contributed by atoms with Crippen molar-refractivity contribution < 1.29 is 18.7 Å². The van der Waals surface area contributed by atoms with Crippen molar-refractivity contribution in [3.8, 4) is 11.6 Å². The van der Waals surface area contributed by atoms with Crippen molar-refractivity contribution in [3.05, 3.63) is 46.5 Å². The Morgan fingerprint density at radius 3 is 2.75 bits per heavy atom. The van der Waals surface area contributed by atoms with Crippen molar-refractivity contribution in [2.75, 3.05) is 13.7 Å². The number of carbonyl (C=O) groups excluding carboxylic acids is 1. The zero-order chi connectivity index (χ0) is 20.1. The van der Waals surface area contributed by atoms with E-state index in [1.54, 1.807) is 23.9 Å². The lowest BCUT2D eigenvalue weighted by Crippen LogP contribution is -2.10. The van der Waals surface area contributed by atoms with Gasteiger partial charge in [-0.2, -0.15) is 5.10 Å². The molecule has 4 rings (SSSR count). The number of aryl methyl sites for hydroxylation is 1. The molecule has 1 aliphatic carbocycles. The molecular weight excluding hydrogens is 385 g/mol. The molecule has 0 bridgehead atoms. The number of hydrogen-bond acceptors (Lipinski definition) is 5. The Kier molecular flexibility index (Phi) is 4.50. The van der Waals surface area contributed by atoms with Crippen LogP contribution in [0.5, 0.6) is 5.88 Å². The van der Waals surface area contributed by atoms with Gasteiger partial charge in [0.05, 0.1) is 42.4 Å². The van der Waals surface area contributed by atoms with Gasteiger partial charge in [0, 0.05) is 16.9 Å². The number of nitrogens with zero attached hydrogens (tertiary/aromatic N) is 3. The average Bonchev–Trinajstić information content (AvgIpc) is 3.33. The van der Waals surface area contributed by atoms with Crippen molar-refractivity contribution in [1.29, 1.82) is 0 Å². The summed E-state index contributed by atoms with van der Waals surface area (Å²) in [4.78, 5) is 16.1. The summed E-state index contributed by atoms with van der Waals surface area (Å²) in [6.45, 7) is 4.51. The van der Waals surface area contributed by atoms with E-state index in [9.17, 15) is 9.18 Å². The second kappa shape index (κ2) is 6.74. The third-order valence-corrected chi connectivity index (χ3v) is 5.33. The number of benzene rings is 1. The molecule has 3 aromatic rings. The fourth-order valence-corrected chi connectivity index (χ4v) is 3.20. The summed E-state index contributed by atoms with van der Waals surface area (Å²) < 4.78 is 26.3. The number of pyridine rings is 1. The zero-order valence-corrected chi connectivity index (χ0v) is 16.5. The second-order valence-electron chi connectivity index (χ2n) is 7.42. The molecule has 1 saturated carbocycles. The summed E-state index contributed by atoms with van der Waals surface area (Å²) in [5, 5.41) is 5.45. The molecule has 2 heterocycles. The SMILES string of the molecule is COC(=O)c1cc2c(C)nn(-c3cnc(OCC4(C)CC4)c(Cl)c3)c2cc1F. The first-order valence-corrected chi connectivity index (χ1v) is 9.25. The van der Waals surface area contributed by atoms with Crippen LogP contribution in [0.15, 0.2) is 24.4 Å². The number of esters is 1. The molecular formula is C20H19ClFN3O3. The summed E-state index contributed by atoms with van der Waals surface area (Å²) in [7, 11) is 1.21. The maximum absolute atomic E-state index is 14.4. The van der Waals surface area contributed by atoms with Crippen molar-refractivity contribution in [2.24, 2.45) is 5.41 Å². The van der Waals surface area contributed by atoms with Crippen LogP contribution in [0.2, 0.25) is 5.02 Å². The molecule has 8 heteroatoms. The number of hydrogen-bond donors (Lipinski definition) is 0. The highest BCUT2D eigenvalue weighted by molar-refractivity contribution is 6.32. The van der Waals surface area contributed by atoms with Gasteiger partial charge >= 0.3 is 5.97 Å². The molecule has 0 unspecified atom stereocenters. The Labute approximate surface area is 166 Å². The first kappa shape index (κ1) is 18.7. The molecule has 0 N–H and O–H groups in total. The number of fused-ring (bicyclic) bond motifs is 1. The lowest BCUT2D eigenvalue weighted by Gasteiger charge is -2.12. The molecule has 1 fully saturated rings. The Morgan fingerprint density at radius 2 is 2.11 bits per heavy atom. The lowest BCUT2D eigenvalue weighted by molar-refractivity contribution is 0.0595. The topological polar surface area (TPSA) is 66.2 Å². The van der Waals surface area contributed by atoms with Crippen LogP contribution in [-0.4, -0.2) is 34.5 Å². The minimum atomic E-state index is -0.734. The van der Waals surface area contributed by atoms with E-state index in [4.69, 9.17) is 16.3 Å². The van der Waals surface area contributed by atoms with Crippen molar-refractivity contribution in [2.45, 2.75) is 26.7 Å². The number of ether oxygens (including phenoxy) is 2. The van der Waals surface area contributed by atoms with Crippen LogP contribution in [0, 0.1) is 18.2 Å². The second-order valence-corrected chi connectivity index (χ2v) is 7.83. The lowest BCUT2D eigenvalue weighted by atomic mass is 10.1. The van der Waals surface area contributed by atoms with E-state index in [0.29, 0.717) is 39.8 Å². The summed E-state index contributed by atoms with van der Waals surface area (Å²) >= 11 is 6.34. The Morgan fingerprint density at radius 1 is 1.36 bits per heavy atom. The monoisotopic (exact) mass is 403 g/mol. The summed E-state index contributed by atoms with van der Waals surface area (Å²) in [5.41, 5.74) is 1.79. The first-order chi connectivity index (χ1) is 13.3. The van der Waals surface area contributed by atoms with Gasteiger partial charge in [0.1, 0.15) is 10.8 Å². The minimum Gasteiger partial charge on any atom is -0.476 e. The molecule has 1 aliphatic rings. The van der Waals surface area contributed by atoms with Crippen LogP contribution in [0.4, 0.5) is 4.39 Å². The van der Waals surface area contributed by atoms with E-state index in [1.165, 1.54) is 19.2 Å². The standard InChI is InChI=1S/C20H19ClFN3O3/c1-11-13-7-14(19(26)27-3)16(22)8-17(13)25(24-11)12-6-15(21)18(23-9-12)28-10-20(2)4-5-20/h6-9H,4-5,10H2,1-3H3. The van der Waals surface area contributed by atoms with Gasteiger partial charge in [0.15, 0.2) is 0 Å². The number of carbonyl (C=O) groups is 1. The van der Waals surface area contributed by atoms with Gasteiger partial charge in [0.25, 0.3) is 0 Å². The highest BCUT2D eigenvalue weighted by atomic mass is 35.5. The van der Waals surface area contributed by atoms with Gasteiger partial charge in [-0.05, 0) is 31.9 Å². The zero-order valence-electron chi connectivity index (χ0n) is 15.8. The van der Waals surface area contributed by atoms with Crippen molar-refractivity contribution in [1.82, 2.24) is 14.8 Å². The van der Waals surface area contributed by atoms with Gasteiger partial charge in [-0.1, -0.05) is 18.5 Å². The molecule has 146 valence electrons. The molecule has 2 aromatic heterocycles. The predicted molar refractivity (Wildman–Crippen MR) is 103 cm³/mol. The van der Waals surface area contributed by atoms with Gasteiger partial charge in [0.2, 0.25) is 5.88 Å². The Hall–Kier alpha value is -2.67. The van der Waals surface area contributed by atoms with Crippen LogP contribution in [0.25, 0.3) is 16.6 Å². The fraction of sp³-hybridized carbons (Fsp3) is 0.350. The highest BCUT2D eigenvalue weighted by Crippen LogP contribution is 2.45. The normalized spacial score (nSPS) is 14.9. The predicted octanol–water partition coefficient (Wildman–Crippen LogP) is 4.49. The molecule has 28 heavy (non-hydrogen) atoms. The molecule has 6 nitrogen and oxygen atoms in total. The van der Waals surface area contributed by atoms with E-state index in [0.717, 1.165) is 12.8 Å². The van der Waals surface area contributed by atoms with E-state index < -0.39 is 11.8 Å². The maximum atomic E-state index is 14.4. The van der Waals surface area contributed by atoms with Gasteiger partial charge in [-0.3, -0.25) is 0 Å². The number of halogens is 2. The number of rotatable bonds is 5. The van der Waals surface area contributed by atoms with Gasteiger partial charge in [-0.25, -0.2) is 18.9 Å². The van der Waals surface area contributed by atoms with Crippen LogP contribution < -0.4 is 4.74 Å². The average molecular weight is 404 g/mol. The Balaban J connectivity index is 1.71. The molecule has 0 saturated heterocycles. The molecule has 0 atom stereocenters. The molecule has 1 aromatic carbocycles. The smallest absolute Gasteiger partial charge is 0.340 e. The first-order valence-electron chi connectivity index (χ1n) is 8.87. The number of aromatic nitrogens is 3. The molecule has 0 radical (unpaired) electrons. The molecule has 0 amide bonds. The van der Waals surface area contributed by atoms with Crippen LogP contribution in [0.3, 0.4) is 0 Å². The van der Waals surface area contributed by atoms with Crippen molar-refractivity contribution in [3.63, 3.8) is 0 Å². The van der Waals surface area contributed by atoms with Gasteiger partial charge < -0.3 is 9.47 Å². The van der Waals surface area contributed by atoms with Crippen molar-refractivity contribution >= 4 is 28.5 Å².